The Balaban J connectivity index is 2.11. The largest absolute Gasteiger partial charge is 0.320 e. The third-order valence-electron chi connectivity index (χ3n) is 4.48. The van der Waals surface area contributed by atoms with Gasteiger partial charge in [0, 0.05) is 32.1 Å². The minimum atomic E-state index is -3.63. The quantitative estimate of drug-likeness (QED) is 0.605. The highest BCUT2D eigenvalue weighted by Gasteiger charge is 2.22. The first-order valence-electron chi connectivity index (χ1n) is 8.60. The number of benzene rings is 2. The van der Waals surface area contributed by atoms with Gasteiger partial charge in [-0.25, -0.2) is 17.7 Å². The minimum Gasteiger partial charge on any atom is -0.320 e. The number of nitrogens with zero attached hydrogens (tertiary/aromatic N) is 3. The van der Waals surface area contributed by atoms with Crippen LogP contribution in [0.3, 0.4) is 0 Å². The molecule has 0 spiro atoms. The summed E-state index contributed by atoms with van der Waals surface area (Å²) in [6, 6.07) is 11.2. The van der Waals surface area contributed by atoms with Crippen molar-refractivity contribution in [3.05, 3.63) is 62.7 Å². The first-order chi connectivity index (χ1) is 13.1. The van der Waals surface area contributed by atoms with Gasteiger partial charge >= 0.3 is 0 Å². The third-order valence-corrected chi connectivity index (χ3v) is 7.69. The lowest BCUT2D eigenvalue weighted by molar-refractivity contribution is 0.521. The number of sulfonamides is 1. The molecular formula is C20H22ClN3O2S2. The fourth-order valence-corrected chi connectivity index (χ4v) is 5.14. The van der Waals surface area contributed by atoms with Gasteiger partial charge in [-0.1, -0.05) is 35.4 Å². The lowest BCUT2D eigenvalue weighted by atomic mass is 10.1. The van der Waals surface area contributed by atoms with Crippen LogP contribution in [0.5, 0.6) is 0 Å². The van der Waals surface area contributed by atoms with E-state index in [1.54, 1.807) is 12.1 Å². The molecule has 0 N–H and O–H groups in total. The summed E-state index contributed by atoms with van der Waals surface area (Å²) < 4.78 is 28.2. The van der Waals surface area contributed by atoms with Crippen molar-refractivity contribution in [1.29, 1.82) is 0 Å². The molecule has 0 saturated carbocycles. The Hall–Kier alpha value is -1.93. The van der Waals surface area contributed by atoms with Crippen LogP contribution in [0, 0.1) is 13.8 Å². The zero-order chi connectivity index (χ0) is 20.6. The Labute approximate surface area is 174 Å². The average Bonchev–Trinajstić information content (AvgIpc) is 2.98. The Morgan fingerprint density at radius 1 is 1.11 bits per heavy atom. The number of halogens is 1. The molecule has 28 heavy (non-hydrogen) atoms. The van der Waals surface area contributed by atoms with Crippen LogP contribution in [0.2, 0.25) is 5.02 Å². The number of aryl methyl sites for hydroxylation is 2. The summed E-state index contributed by atoms with van der Waals surface area (Å²) in [5.41, 5.74) is 4.87. The molecule has 1 aromatic heterocycles. The molecule has 0 radical (unpaired) electrons. The minimum absolute atomic E-state index is 0.0933. The van der Waals surface area contributed by atoms with E-state index < -0.39 is 10.0 Å². The average molecular weight is 436 g/mol. The Morgan fingerprint density at radius 2 is 1.82 bits per heavy atom. The second kappa shape index (κ2) is 7.83. The highest BCUT2D eigenvalue weighted by molar-refractivity contribution is 7.89. The molecule has 0 saturated heterocycles. The lowest BCUT2D eigenvalue weighted by Gasteiger charge is -2.14. The fraction of sp³-hybridized carbons (Fsp3) is 0.250. The first-order valence-corrected chi connectivity index (χ1v) is 11.3. The van der Waals surface area contributed by atoms with Crippen molar-refractivity contribution in [2.75, 3.05) is 14.1 Å². The van der Waals surface area contributed by atoms with Crippen LogP contribution in [-0.2, 0) is 17.1 Å². The molecule has 0 bridgehead atoms. The summed E-state index contributed by atoms with van der Waals surface area (Å²) in [6.07, 6.45) is 0. The number of rotatable bonds is 4. The van der Waals surface area contributed by atoms with Crippen LogP contribution in [0.15, 0.2) is 51.7 Å². The molecule has 0 aliphatic carbocycles. The maximum absolute atomic E-state index is 12.6. The Morgan fingerprint density at radius 3 is 2.46 bits per heavy atom. The molecule has 3 rings (SSSR count). The number of hydrogen-bond acceptors (Lipinski definition) is 4. The van der Waals surface area contributed by atoms with Gasteiger partial charge in [0.1, 0.15) is 4.90 Å². The first kappa shape index (κ1) is 20.8. The van der Waals surface area contributed by atoms with Gasteiger partial charge in [-0.3, -0.25) is 0 Å². The summed E-state index contributed by atoms with van der Waals surface area (Å²) in [6.45, 7) is 4.10. The molecule has 0 aliphatic rings. The smallest absolute Gasteiger partial charge is 0.244 e. The van der Waals surface area contributed by atoms with E-state index in [0.29, 0.717) is 0 Å². The van der Waals surface area contributed by atoms with Crippen molar-refractivity contribution in [2.45, 2.75) is 18.7 Å². The topological polar surface area (TPSA) is 54.7 Å². The summed E-state index contributed by atoms with van der Waals surface area (Å²) in [5.74, 6) is 0. The molecule has 8 heteroatoms. The lowest BCUT2D eigenvalue weighted by Crippen LogP contribution is -2.22. The zero-order valence-corrected chi connectivity index (χ0v) is 18.8. The standard InChI is InChI=1S/C20H22ClN3O2S2/c1-13-6-9-17(14(2)10-13)22-20-24(5)18(12-27-20)15-7-8-16(21)19(11-15)28(25,26)23(3)4/h6-12H,1-5H3. The summed E-state index contributed by atoms with van der Waals surface area (Å²) >= 11 is 7.67. The Kier molecular flexibility index (Phi) is 5.82. The van der Waals surface area contributed by atoms with Gasteiger partial charge in [0.2, 0.25) is 10.0 Å². The molecule has 2 aromatic carbocycles. The van der Waals surface area contributed by atoms with E-state index in [0.717, 1.165) is 31.6 Å². The van der Waals surface area contributed by atoms with Crippen molar-refractivity contribution < 1.29 is 8.42 Å². The molecule has 0 fully saturated rings. The number of thiazole rings is 1. The second-order valence-electron chi connectivity index (χ2n) is 6.80. The van der Waals surface area contributed by atoms with Gasteiger partial charge in [0.15, 0.2) is 4.80 Å². The van der Waals surface area contributed by atoms with Crippen molar-refractivity contribution in [2.24, 2.45) is 12.0 Å². The SMILES string of the molecule is Cc1ccc(N=c2scc(-c3ccc(Cl)c(S(=O)(=O)N(C)C)c3)n2C)c(C)c1. The number of hydrogen-bond donors (Lipinski definition) is 0. The van der Waals surface area contributed by atoms with Crippen LogP contribution < -0.4 is 4.80 Å². The van der Waals surface area contributed by atoms with E-state index in [-0.39, 0.29) is 9.92 Å². The van der Waals surface area contributed by atoms with Gasteiger partial charge in [0.05, 0.1) is 16.4 Å². The van der Waals surface area contributed by atoms with Crippen LogP contribution in [0.25, 0.3) is 11.3 Å². The van der Waals surface area contributed by atoms with Gasteiger partial charge in [-0.15, -0.1) is 11.3 Å². The van der Waals surface area contributed by atoms with Crippen LogP contribution in [0.1, 0.15) is 11.1 Å². The Bertz CT molecular complexity index is 1210. The van der Waals surface area contributed by atoms with Gasteiger partial charge in [-0.2, -0.15) is 0 Å². The van der Waals surface area contributed by atoms with Crippen LogP contribution in [-0.4, -0.2) is 31.4 Å². The van der Waals surface area contributed by atoms with Crippen molar-refractivity contribution in [1.82, 2.24) is 8.87 Å². The summed E-state index contributed by atoms with van der Waals surface area (Å²) in [4.78, 5) is 5.69. The van der Waals surface area contributed by atoms with E-state index in [4.69, 9.17) is 16.6 Å². The van der Waals surface area contributed by atoms with E-state index in [1.165, 1.54) is 31.0 Å². The van der Waals surface area contributed by atoms with Crippen molar-refractivity contribution in [3.63, 3.8) is 0 Å². The monoisotopic (exact) mass is 435 g/mol. The normalized spacial score (nSPS) is 12.8. The molecule has 3 aromatic rings. The molecule has 148 valence electrons. The van der Waals surface area contributed by atoms with E-state index >= 15 is 0 Å². The predicted octanol–water partition coefficient (Wildman–Crippen LogP) is 4.51. The van der Waals surface area contributed by atoms with Gasteiger partial charge in [0.25, 0.3) is 0 Å². The van der Waals surface area contributed by atoms with Crippen LogP contribution in [0.4, 0.5) is 5.69 Å². The molecular weight excluding hydrogens is 414 g/mol. The predicted molar refractivity (Wildman–Crippen MR) is 116 cm³/mol. The summed E-state index contributed by atoms with van der Waals surface area (Å²) in [7, 11) is 1.27. The van der Waals surface area contributed by atoms with Crippen LogP contribution >= 0.6 is 22.9 Å². The third kappa shape index (κ3) is 3.93. The maximum atomic E-state index is 12.6. The molecule has 0 aliphatic heterocycles. The summed E-state index contributed by atoms with van der Waals surface area (Å²) in [5, 5.41) is 2.17. The molecule has 0 amide bonds. The van der Waals surface area contributed by atoms with Crippen molar-refractivity contribution in [3.8, 4) is 11.3 Å². The van der Waals surface area contributed by atoms with Gasteiger partial charge in [-0.05, 0) is 37.6 Å². The van der Waals surface area contributed by atoms with E-state index in [1.807, 2.05) is 42.1 Å². The molecule has 1 heterocycles. The van der Waals surface area contributed by atoms with Crippen molar-refractivity contribution >= 4 is 38.6 Å². The van der Waals surface area contributed by atoms with E-state index in [9.17, 15) is 8.42 Å². The zero-order valence-electron chi connectivity index (χ0n) is 16.4. The maximum Gasteiger partial charge on any atom is 0.244 e. The number of aromatic nitrogens is 1. The highest BCUT2D eigenvalue weighted by atomic mass is 35.5. The van der Waals surface area contributed by atoms with E-state index in [2.05, 4.69) is 13.0 Å². The molecule has 0 unspecified atom stereocenters. The fourth-order valence-electron chi connectivity index (χ4n) is 2.82. The van der Waals surface area contributed by atoms with Gasteiger partial charge < -0.3 is 4.57 Å². The second-order valence-corrected chi connectivity index (χ2v) is 10.2. The highest BCUT2D eigenvalue weighted by Crippen LogP contribution is 2.30. The molecule has 5 nitrogen and oxygen atoms in total. The molecule has 0 atom stereocenters.